The van der Waals surface area contributed by atoms with Gasteiger partial charge in [0.2, 0.25) is 0 Å². The quantitative estimate of drug-likeness (QED) is 0.398. The van der Waals surface area contributed by atoms with Crippen LogP contribution in [0.3, 0.4) is 0 Å². The molecule has 2 amide bonds. The van der Waals surface area contributed by atoms with Crippen LogP contribution < -0.4 is 15.1 Å². The molecule has 0 atom stereocenters. The Hall–Kier alpha value is -2.24. The lowest BCUT2D eigenvalue weighted by molar-refractivity contribution is -0.306. The standard InChI is InChI=1S/C17H13BrN2O6S2/c18-8-3-4-10-9(6-8)13(15(25)20(10)7-12(23)24)14-16(26)19(17(27)28-14)5-1-2-11(21)22/h3-4,6H,1-2,5,7H2,(H,21,22)(H,23,24)/p-2/b14-13+. The first-order valence-electron chi connectivity index (χ1n) is 8.00. The highest BCUT2D eigenvalue weighted by Gasteiger charge is 2.41. The van der Waals surface area contributed by atoms with Crippen LogP contribution in [-0.4, -0.2) is 46.1 Å². The third-order valence-corrected chi connectivity index (χ3v) is 6.05. The smallest absolute Gasteiger partial charge is 0.267 e. The van der Waals surface area contributed by atoms with E-state index in [1.54, 1.807) is 18.2 Å². The van der Waals surface area contributed by atoms with Crippen LogP contribution in [0, 0.1) is 0 Å². The van der Waals surface area contributed by atoms with E-state index in [-0.39, 0.29) is 34.2 Å². The molecule has 0 spiro atoms. The van der Waals surface area contributed by atoms with E-state index in [0.29, 0.717) is 15.7 Å². The molecule has 1 aromatic rings. The van der Waals surface area contributed by atoms with Crippen molar-refractivity contribution in [3.05, 3.63) is 33.1 Å². The second-order valence-corrected chi connectivity index (χ2v) is 8.49. The zero-order valence-corrected chi connectivity index (χ0v) is 17.3. The van der Waals surface area contributed by atoms with Crippen molar-refractivity contribution in [3.8, 4) is 0 Å². The van der Waals surface area contributed by atoms with Crippen molar-refractivity contribution < 1.29 is 29.4 Å². The van der Waals surface area contributed by atoms with Crippen molar-refractivity contribution in [1.29, 1.82) is 0 Å². The van der Waals surface area contributed by atoms with Crippen LogP contribution in [0.4, 0.5) is 5.69 Å². The van der Waals surface area contributed by atoms with Crippen LogP contribution in [-0.2, 0) is 19.2 Å². The number of thiocarbonyl (C=S) groups is 1. The van der Waals surface area contributed by atoms with Crippen molar-refractivity contribution in [2.45, 2.75) is 12.8 Å². The molecule has 8 nitrogen and oxygen atoms in total. The summed E-state index contributed by atoms with van der Waals surface area (Å²) in [5.41, 5.74) is 0.836. The van der Waals surface area contributed by atoms with Crippen molar-refractivity contribution in [1.82, 2.24) is 4.90 Å². The summed E-state index contributed by atoms with van der Waals surface area (Å²) in [5, 5.41) is 21.6. The number of carboxylic acids is 2. The second kappa shape index (κ2) is 8.02. The summed E-state index contributed by atoms with van der Waals surface area (Å²) in [6.07, 6.45) is -0.0681. The first kappa shape index (κ1) is 20.5. The second-order valence-electron chi connectivity index (χ2n) is 5.93. The Bertz CT molecular complexity index is 961. The van der Waals surface area contributed by atoms with Crippen LogP contribution in [0.15, 0.2) is 27.6 Å². The number of anilines is 1. The molecule has 3 rings (SSSR count). The zero-order chi connectivity index (χ0) is 20.6. The van der Waals surface area contributed by atoms with Gasteiger partial charge in [0.1, 0.15) is 4.32 Å². The average molecular weight is 483 g/mol. The predicted molar refractivity (Wildman–Crippen MR) is 105 cm³/mol. The van der Waals surface area contributed by atoms with Crippen LogP contribution in [0.5, 0.6) is 0 Å². The fourth-order valence-corrected chi connectivity index (χ4v) is 4.67. The van der Waals surface area contributed by atoms with Gasteiger partial charge in [-0.3, -0.25) is 14.5 Å². The number of fused-ring (bicyclic) bond motifs is 1. The van der Waals surface area contributed by atoms with E-state index in [1.807, 2.05) is 0 Å². The molecule has 0 N–H and O–H groups in total. The number of benzene rings is 1. The minimum atomic E-state index is -1.43. The fourth-order valence-electron chi connectivity index (χ4n) is 2.93. The summed E-state index contributed by atoms with van der Waals surface area (Å²) in [4.78, 5) is 49.7. The van der Waals surface area contributed by atoms with Gasteiger partial charge in [0.15, 0.2) is 0 Å². The van der Waals surface area contributed by atoms with E-state index in [4.69, 9.17) is 12.2 Å². The topological polar surface area (TPSA) is 121 Å². The number of carbonyl (C=O) groups excluding carboxylic acids is 4. The molecule has 2 aliphatic heterocycles. The maximum Gasteiger partial charge on any atom is 0.267 e. The lowest BCUT2D eigenvalue weighted by atomic mass is 10.1. The summed E-state index contributed by atoms with van der Waals surface area (Å²) in [7, 11) is 0. The Labute approximate surface area is 177 Å². The molecule has 0 bridgehead atoms. The highest BCUT2D eigenvalue weighted by Crippen LogP contribution is 2.45. The molecule has 0 unspecified atom stereocenters. The molecule has 11 heteroatoms. The molecule has 1 saturated heterocycles. The van der Waals surface area contributed by atoms with Gasteiger partial charge < -0.3 is 24.7 Å². The molecule has 2 aliphatic rings. The number of thioether (sulfide) groups is 1. The normalized spacial score (nSPS) is 18.8. The monoisotopic (exact) mass is 482 g/mol. The Morgan fingerprint density at radius 3 is 2.46 bits per heavy atom. The highest BCUT2D eigenvalue weighted by molar-refractivity contribution is 9.10. The number of carbonyl (C=O) groups is 4. The van der Waals surface area contributed by atoms with E-state index in [0.717, 1.165) is 16.7 Å². The number of rotatable bonds is 6. The summed E-state index contributed by atoms with van der Waals surface area (Å²) in [5.74, 6) is -3.81. The lowest BCUT2D eigenvalue weighted by Gasteiger charge is -2.17. The summed E-state index contributed by atoms with van der Waals surface area (Å²) in [6, 6.07) is 4.86. The van der Waals surface area contributed by atoms with Crippen molar-refractivity contribution in [2.24, 2.45) is 0 Å². The van der Waals surface area contributed by atoms with E-state index in [2.05, 4.69) is 15.9 Å². The maximum absolute atomic E-state index is 12.9. The largest absolute Gasteiger partial charge is 0.550 e. The third-order valence-electron chi connectivity index (χ3n) is 4.10. The summed E-state index contributed by atoms with van der Waals surface area (Å²) in [6.45, 7) is -0.569. The Morgan fingerprint density at radius 1 is 1.11 bits per heavy atom. The first-order valence-corrected chi connectivity index (χ1v) is 10.0. The molecule has 146 valence electrons. The number of hydrogen-bond acceptors (Lipinski definition) is 8. The van der Waals surface area contributed by atoms with E-state index in [1.165, 1.54) is 4.90 Å². The molecule has 0 saturated carbocycles. The number of aliphatic carboxylic acids is 2. The molecule has 1 aromatic carbocycles. The van der Waals surface area contributed by atoms with Gasteiger partial charge in [-0.05, 0) is 31.0 Å². The van der Waals surface area contributed by atoms with E-state index < -0.39 is 30.3 Å². The van der Waals surface area contributed by atoms with Gasteiger partial charge in [0.05, 0.1) is 28.7 Å². The van der Waals surface area contributed by atoms with Crippen molar-refractivity contribution in [2.75, 3.05) is 18.0 Å². The molecule has 0 aliphatic carbocycles. The van der Waals surface area contributed by atoms with E-state index >= 15 is 0 Å². The Kier molecular flexibility index (Phi) is 5.87. The van der Waals surface area contributed by atoms with Gasteiger partial charge in [-0.1, -0.05) is 39.9 Å². The van der Waals surface area contributed by atoms with Crippen molar-refractivity contribution >= 4 is 79.2 Å². The van der Waals surface area contributed by atoms with Gasteiger partial charge >= 0.3 is 0 Å². The van der Waals surface area contributed by atoms with Gasteiger partial charge in [0, 0.05) is 22.6 Å². The molecule has 0 aromatic heterocycles. The zero-order valence-electron chi connectivity index (χ0n) is 14.1. The van der Waals surface area contributed by atoms with Crippen LogP contribution in [0.25, 0.3) is 5.57 Å². The maximum atomic E-state index is 12.9. The first-order chi connectivity index (χ1) is 13.2. The minimum absolute atomic E-state index is 0.0669. The summed E-state index contributed by atoms with van der Waals surface area (Å²) < 4.78 is 0.852. The molecule has 1 fully saturated rings. The summed E-state index contributed by atoms with van der Waals surface area (Å²) >= 11 is 9.44. The van der Waals surface area contributed by atoms with Gasteiger partial charge in [-0.25, -0.2) is 0 Å². The number of hydrogen-bond donors (Lipinski definition) is 0. The molecule has 2 heterocycles. The highest BCUT2D eigenvalue weighted by atomic mass is 79.9. The molecular formula is C17H11BrN2O6S2-2. The molecular weight excluding hydrogens is 472 g/mol. The van der Waals surface area contributed by atoms with Crippen LogP contribution in [0.2, 0.25) is 0 Å². The molecule has 0 radical (unpaired) electrons. The number of nitrogens with zero attached hydrogens (tertiary/aromatic N) is 2. The van der Waals surface area contributed by atoms with Crippen LogP contribution >= 0.6 is 39.9 Å². The molecule has 28 heavy (non-hydrogen) atoms. The number of carboxylic acid groups (broad SMARTS) is 2. The predicted octanol–water partition coefficient (Wildman–Crippen LogP) is -0.353. The SMILES string of the molecule is O=C([O-])CCCN1C(=O)/C(=C2\C(=O)N(CC(=O)[O-])c3ccc(Br)cc32)SC1=S. The van der Waals surface area contributed by atoms with Crippen LogP contribution in [0.1, 0.15) is 18.4 Å². The van der Waals surface area contributed by atoms with Crippen molar-refractivity contribution in [3.63, 3.8) is 0 Å². The van der Waals surface area contributed by atoms with Gasteiger partial charge in [0.25, 0.3) is 11.8 Å². The third kappa shape index (κ3) is 3.82. The minimum Gasteiger partial charge on any atom is -0.550 e. The Morgan fingerprint density at radius 2 is 1.82 bits per heavy atom. The Balaban J connectivity index is 2.01. The lowest BCUT2D eigenvalue weighted by Crippen LogP contribution is -2.39. The number of amides is 2. The number of halogens is 1. The van der Waals surface area contributed by atoms with Gasteiger partial charge in [-0.2, -0.15) is 0 Å². The average Bonchev–Trinajstić information content (AvgIpc) is 3.02. The fraction of sp³-hybridized carbons (Fsp3) is 0.235. The van der Waals surface area contributed by atoms with Gasteiger partial charge in [-0.15, -0.1) is 0 Å². The van der Waals surface area contributed by atoms with E-state index in [9.17, 15) is 29.4 Å².